The Morgan fingerprint density at radius 3 is 2.86 bits per heavy atom. The molecule has 0 atom stereocenters. The molecule has 0 fully saturated rings. The summed E-state index contributed by atoms with van der Waals surface area (Å²) in [4.78, 5) is 13.4. The molecular weight excluding hydrogens is 202 g/mol. The lowest BCUT2D eigenvalue weighted by atomic mass is 10.1. The van der Waals surface area contributed by atoms with Crippen molar-refractivity contribution in [2.45, 2.75) is 13.5 Å². The molecule has 1 aromatic rings. The van der Waals surface area contributed by atoms with E-state index in [1.165, 1.54) is 6.08 Å². The van der Waals surface area contributed by atoms with Crippen LogP contribution in [0, 0.1) is 6.92 Å². The first kappa shape index (κ1) is 10.8. The van der Waals surface area contributed by atoms with Gasteiger partial charge in [0.15, 0.2) is 0 Å². The molecular formula is C10H10ClNO2. The van der Waals surface area contributed by atoms with Crippen LogP contribution in [0.15, 0.2) is 17.1 Å². The maximum atomic E-state index is 9.94. The largest absolute Gasteiger partial charge is 0.495 e. The molecule has 1 aromatic carbocycles. The molecule has 1 rings (SSSR count). The van der Waals surface area contributed by atoms with Gasteiger partial charge in [0.25, 0.3) is 0 Å². The van der Waals surface area contributed by atoms with Gasteiger partial charge < -0.3 is 4.74 Å². The van der Waals surface area contributed by atoms with Crippen molar-refractivity contribution in [3.8, 4) is 5.75 Å². The van der Waals surface area contributed by atoms with E-state index in [4.69, 9.17) is 16.3 Å². The molecule has 4 heteroatoms. The van der Waals surface area contributed by atoms with E-state index in [1.54, 1.807) is 7.11 Å². The standard InChI is InChI=1S/C10H10ClNO2/c1-7-3-4-8(5-12-6-13)9(11)10(7)14-2/h3-4H,5H2,1-2H3. The number of carbonyl (C=O) groups excluding carboxylic acids is 1. The van der Waals surface area contributed by atoms with E-state index < -0.39 is 0 Å². The van der Waals surface area contributed by atoms with Crippen LogP contribution in [0.25, 0.3) is 0 Å². The summed E-state index contributed by atoms with van der Waals surface area (Å²) in [5.74, 6) is 0.630. The fourth-order valence-corrected chi connectivity index (χ4v) is 1.53. The molecule has 0 bridgehead atoms. The van der Waals surface area contributed by atoms with E-state index in [-0.39, 0.29) is 6.54 Å². The van der Waals surface area contributed by atoms with Crippen molar-refractivity contribution in [2.24, 2.45) is 4.99 Å². The van der Waals surface area contributed by atoms with E-state index in [0.29, 0.717) is 10.8 Å². The van der Waals surface area contributed by atoms with Gasteiger partial charge in [0, 0.05) is 0 Å². The van der Waals surface area contributed by atoms with E-state index in [0.717, 1.165) is 11.1 Å². The Hall–Kier alpha value is -1.31. The van der Waals surface area contributed by atoms with E-state index in [2.05, 4.69) is 4.99 Å². The molecule has 0 aromatic heterocycles. The van der Waals surface area contributed by atoms with Crippen LogP contribution in [0.3, 0.4) is 0 Å². The average Bonchev–Trinajstić information content (AvgIpc) is 2.18. The SMILES string of the molecule is COc1c(C)ccc(CN=C=O)c1Cl. The van der Waals surface area contributed by atoms with Gasteiger partial charge in [0.2, 0.25) is 6.08 Å². The summed E-state index contributed by atoms with van der Waals surface area (Å²) in [5, 5.41) is 0.506. The van der Waals surface area contributed by atoms with Gasteiger partial charge >= 0.3 is 0 Å². The first-order valence-corrected chi connectivity index (χ1v) is 4.44. The Balaban J connectivity index is 3.13. The normalized spacial score (nSPS) is 9.36. The van der Waals surface area contributed by atoms with Gasteiger partial charge in [-0.15, -0.1) is 0 Å². The third kappa shape index (κ3) is 2.13. The van der Waals surface area contributed by atoms with Crippen molar-refractivity contribution in [3.05, 3.63) is 28.3 Å². The van der Waals surface area contributed by atoms with Crippen LogP contribution < -0.4 is 4.74 Å². The molecule has 0 aliphatic rings. The van der Waals surface area contributed by atoms with Crippen LogP contribution in [0.1, 0.15) is 11.1 Å². The van der Waals surface area contributed by atoms with Gasteiger partial charge in [-0.2, -0.15) is 0 Å². The summed E-state index contributed by atoms with van der Waals surface area (Å²) in [6, 6.07) is 3.70. The third-order valence-corrected chi connectivity index (χ3v) is 2.31. The van der Waals surface area contributed by atoms with Crippen molar-refractivity contribution in [1.29, 1.82) is 0 Å². The number of aryl methyl sites for hydroxylation is 1. The molecule has 74 valence electrons. The summed E-state index contributed by atoms with van der Waals surface area (Å²) in [6.45, 7) is 2.14. The van der Waals surface area contributed by atoms with Crippen molar-refractivity contribution in [2.75, 3.05) is 7.11 Å². The number of aliphatic imine (C=N–C) groups is 1. The Morgan fingerprint density at radius 1 is 1.57 bits per heavy atom. The van der Waals surface area contributed by atoms with Gasteiger partial charge in [-0.1, -0.05) is 23.7 Å². The zero-order valence-electron chi connectivity index (χ0n) is 8.00. The van der Waals surface area contributed by atoms with Crippen molar-refractivity contribution in [3.63, 3.8) is 0 Å². The summed E-state index contributed by atoms with van der Waals surface area (Å²) >= 11 is 6.04. The lowest BCUT2D eigenvalue weighted by Gasteiger charge is -2.09. The Kier molecular flexibility index (Phi) is 3.69. The zero-order valence-corrected chi connectivity index (χ0v) is 8.76. The van der Waals surface area contributed by atoms with E-state index in [1.807, 2.05) is 19.1 Å². The maximum absolute atomic E-state index is 9.94. The third-order valence-electron chi connectivity index (χ3n) is 1.89. The highest BCUT2D eigenvalue weighted by Gasteiger charge is 2.08. The van der Waals surface area contributed by atoms with Gasteiger partial charge in [-0.25, -0.2) is 9.79 Å². The number of benzene rings is 1. The molecule has 0 saturated carbocycles. The smallest absolute Gasteiger partial charge is 0.235 e. The highest BCUT2D eigenvalue weighted by Crippen LogP contribution is 2.31. The lowest BCUT2D eigenvalue weighted by Crippen LogP contribution is -1.92. The second kappa shape index (κ2) is 4.80. The van der Waals surface area contributed by atoms with Crippen molar-refractivity contribution in [1.82, 2.24) is 0 Å². The quantitative estimate of drug-likeness (QED) is 0.569. The van der Waals surface area contributed by atoms with Crippen molar-refractivity contribution >= 4 is 17.7 Å². The number of rotatable bonds is 3. The number of isocyanates is 1. The maximum Gasteiger partial charge on any atom is 0.235 e. The number of hydrogen-bond donors (Lipinski definition) is 0. The predicted octanol–water partition coefficient (Wildman–Crippen LogP) is 2.49. The van der Waals surface area contributed by atoms with Gasteiger partial charge in [-0.3, -0.25) is 0 Å². The number of nitrogens with zero attached hydrogens (tertiary/aromatic N) is 1. The second-order valence-electron chi connectivity index (χ2n) is 2.80. The number of halogens is 1. The second-order valence-corrected chi connectivity index (χ2v) is 3.17. The fraction of sp³-hybridized carbons (Fsp3) is 0.300. The molecule has 14 heavy (non-hydrogen) atoms. The lowest BCUT2D eigenvalue weighted by molar-refractivity contribution is 0.411. The number of ether oxygens (including phenoxy) is 1. The molecule has 0 aliphatic heterocycles. The van der Waals surface area contributed by atoms with Gasteiger partial charge in [-0.05, 0) is 18.1 Å². The van der Waals surface area contributed by atoms with Gasteiger partial charge in [0.05, 0.1) is 18.7 Å². The molecule has 0 N–H and O–H groups in total. The van der Waals surface area contributed by atoms with Gasteiger partial charge in [0.1, 0.15) is 5.75 Å². The Labute approximate surface area is 87.4 Å². The summed E-state index contributed by atoms with van der Waals surface area (Å²) < 4.78 is 5.12. The molecule has 0 aliphatic carbocycles. The van der Waals surface area contributed by atoms with Crippen LogP contribution >= 0.6 is 11.6 Å². The van der Waals surface area contributed by atoms with E-state index in [9.17, 15) is 4.79 Å². The monoisotopic (exact) mass is 211 g/mol. The van der Waals surface area contributed by atoms with Crippen LogP contribution in [0.5, 0.6) is 5.75 Å². The van der Waals surface area contributed by atoms with Crippen LogP contribution in [0.4, 0.5) is 0 Å². The highest BCUT2D eigenvalue weighted by atomic mass is 35.5. The fourth-order valence-electron chi connectivity index (χ4n) is 1.18. The van der Waals surface area contributed by atoms with Crippen LogP contribution in [0.2, 0.25) is 5.02 Å². The van der Waals surface area contributed by atoms with Crippen molar-refractivity contribution < 1.29 is 9.53 Å². The molecule has 0 amide bonds. The highest BCUT2D eigenvalue weighted by molar-refractivity contribution is 6.33. The minimum atomic E-state index is 0.235. The first-order chi connectivity index (χ1) is 6.70. The zero-order chi connectivity index (χ0) is 10.6. The number of hydrogen-bond acceptors (Lipinski definition) is 3. The predicted molar refractivity (Wildman–Crippen MR) is 54.6 cm³/mol. The Bertz CT molecular complexity index is 384. The van der Waals surface area contributed by atoms with Crippen LogP contribution in [-0.4, -0.2) is 13.2 Å². The summed E-state index contributed by atoms with van der Waals surface area (Å²) in [7, 11) is 1.56. The topological polar surface area (TPSA) is 38.7 Å². The summed E-state index contributed by atoms with van der Waals surface area (Å²) in [6.07, 6.45) is 1.47. The molecule has 0 unspecified atom stereocenters. The Morgan fingerprint density at radius 2 is 2.29 bits per heavy atom. The molecule has 0 heterocycles. The van der Waals surface area contributed by atoms with Crippen LogP contribution in [-0.2, 0) is 11.3 Å². The number of methoxy groups -OCH3 is 1. The molecule has 3 nitrogen and oxygen atoms in total. The average molecular weight is 212 g/mol. The van der Waals surface area contributed by atoms with E-state index >= 15 is 0 Å². The first-order valence-electron chi connectivity index (χ1n) is 4.06. The minimum absolute atomic E-state index is 0.235. The molecule has 0 spiro atoms. The molecule has 0 radical (unpaired) electrons. The minimum Gasteiger partial charge on any atom is -0.495 e. The summed E-state index contributed by atoms with van der Waals surface area (Å²) in [5.41, 5.74) is 1.72. The molecule has 0 saturated heterocycles.